The van der Waals surface area contributed by atoms with Gasteiger partial charge in [0, 0.05) is 0 Å². The van der Waals surface area contributed by atoms with E-state index < -0.39 is 38.2 Å². The Labute approximate surface area is 133 Å². The number of hydrogen-bond donors (Lipinski definition) is 2. The first-order valence-corrected chi connectivity index (χ1v) is 10.7. The van der Waals surface area contributed by atoms with E-state index in [1.807, 2.05) is 0 Å². The van der Waals surface area contributed by atoms with Crippen LogP contribution in [-0.4, -0.2) is 61.6 Å². The van der Waals surface area contributed by atoms with Gasteiger partial charge < -0.3 is 28.8 Å². The summed E-state index contributed by atoms with van der Waals surface area (Å²) in [5.74, 6) is -0.793. The van der Waals surface area contributed by atoms with Gasteiger partial charge in [0.25, 0.3) is 0 Å². The largest absolute Gasteiger partial charge is 0.414 e. The molecule has 2 rings (SSSR count). The normalized spacial score (nSPS) is 38.3. The van der Waals surface area contributed by atoms with E-state index in [1.165, 1.54) is 0 Å². The van der Waals surface area contributed by atoms with Gasteiger partial charge in [-0.05, 0) is 32.0 Å². The van der Waals surface area contributed by atoms with Gasteiger partial charge in [0.2, 0.25) is 0 Å². The maximum absolute atomic E-state index is 10.6. The molecular formula is C15H30O6Si. The van der Waals surface area contributed by atoms with Gasteiger partial charge in [-0.1, -0.05) is 20.8 Å². The summed E-state index contributed by atoms with van der Waals surface area (Å²) >= 11 is 0. The number of ether oxygens (including phenoxy) is 3. The minimum Gasteiger partial charge on any atom is -0.414 e. The van der Waals surface area contributed by atoms with E-state index in [-0.39, 0.29) is 18.3 Å². The van der Waals surface area contributed by atoms with E-state index in [0.29, 0.717) is 0 Å². The van der Waals surface area contributed by atoms with Crippen LogP contribution in [0.1, 0.15) is 34.6 Å². The summed E-state index contributed by atoms with van der Waals surface area (Å²) in [5.41, 5.74) is -1.19. The quantitative estimate of drug-likeness (QED) is 0.761. The second-order valence-electron chi connectivity index (χ2n) is 8.30. The van der Waals surface area contributed by atoms with Crippen molar-refractivity contribution >= 4 is 8.32 Å². The summed E-state index contributed by atoms with van der Waals surface area (Å²) in [6.45, 7) is 14.0. The molecule has 0 aromatic rings. The molecule has 22 heavy (non-hydrogen) atoms. The van der Waals surface area contributed by atoms with Gasteiger partial charge in [-0.25, -0.2) is 0 Å². The predicted octanol–water partition coefficient (Wildman–Crippen LogP) is 1.61. The summed E-state index contributed by atoms with van der Waals surface area (Å²) in [6.07, 6.45) is -2.28. The van der Waals surface area contributed by atoms with Crippen molar-refractivity contribution in [3.8, 4) is 0 Å². The van der Waals surface area contributed by atoms with Crippen LogP contribution in [0.5, 0.6) is 0 Å². The summed E-state index contributed by atoms with van der Waals surface area (Å²) in [5, 5.41) is 20.4. The van der Waals surface area contributed by atoms with Crippen LogP contribution in [0, 0.1) is 0 Å². The first-order chi connectivity index (χ1) is 9.84. The average Bonchev–Trinajstić information content (AvgIpc) is 2.78. The molecule has 0 radical (unpaired) electrons. The minimum absolute atomic E-state index is 0.0397. The Bertz CT molecular complexity index is 419. The highest BCUT2D eigenvalue weighted by atomic mass is 28.4. The fraction of sp³-hybridized carbons (Fsp3) is 1.00. The van der Waals surface area contributed by atoms with E-state index in [1.54, 1.807) is 13.8 Å². The summed E-state index contributed by atoms with van der Waals surface area (Å²) in [7, 11) is -2.01. The van der Waals surface area contributed by atoms with Gasteiger partial charge in [0.1, 0.15) is 17.8 Å². The molecule has 4 atom stereocenters. The molecule has 2 saturated heterocycles. The standard InChI is InChI=1S/C15H30O6Si/c1-13(2,3)22(6,7)18-9-15(8-16)11(17)10-12(21-15)20-14(4,5)19-10/h10-12,16-17H,8-9H2,1-7H3/t10-,11-,12+,15+/m1/s1. The summed E-state index contributed by atoms with van der Waals surface area (Å²) in [4.78, 5) is 0. The molecule has 0 aromatic heterocycles. The molecule has 0 amide bonds. The van der Waals surface area contributed by atoms with E-state index in [0.717, 1.165) is 0 Å². The molecule has 2 N–H and O–H groups in total. The molecule has 0 saturated carbocycles. The summed E-state index contributed by atoms with van der Waals surface area (Å²) < 4.78 is 23.3. The molecule has 130 valence electrons. The number of aliphatic hydroxyl groups excluding tert-OH is 2. The lowest BCUT2D eigenvalue weighted by Crippen LogP contribution is -2.54. The number of fused-ring (bicyclic) bond motifs is 1. The molecular weight excluding hydrogens is 304 g/mol. The van der Waals surface area contributed by atoms with Crippen LogP contribution >= 0.6 is 0 Å². The molecule has 2 fully saturated rings. The Morgan fingerprint density at radius 1 is 1.14 bits per heavy atom. The Balaban J connectivity index is 2.09. The second kappa shape index (κ2) is 5.51. The molecule has 0 bridgehead atoms. The zero-order valence-corrected chi connectivity index (χ0v) is 15.7. The van der Waals surface area contributed by atoms with Crippen LogP contribution < -0.4 is 0 Å². The van der Waals surface area contributed by atoms with Gasteiger partial charge in [0.05, 0.1) is 13.2 Å². The third-order valence-corrected chi connectivity index (χ3v) is 9.52. The first-order valence-electron chi connectivity index (χ1n) is 7.80. The molecule has 2 aliphatic rings. The van der Waals surface area contributed by atoms with Crippen LogP contribution in [-0.2, 0) is 18.6 Å². The molecule has 2 heterocycles. The van der Waals surface area contributed by atoms with Crippen molar-refractivity contribution in [2.45, 2.75) is 82.6 Å². The number of rotatable bonds is 4. The molecule has 7 heteroatoms. The van der Waals surface area contributed by atoms with Crippen LogP contribution in [0.25, 0.3) is 0 Å². The molecule has 6 nitrogen and oxygen atoms in total. The molecule has 2 aliphatic heterocycles. The Kier molecular flexibility index (Phi) is 4.59. The van der Waals surface area contributed by atoms with Crippen molar-refractivity contribution in [3.63, 3.8) is 0 Å². The zero-order chi connectivity index (χ0) is 17.0. The van der Waals surface area contributed by atoms with Crippen molar-refractivity contribution in [1.82, 2.24) is 0 Å². The SMILES string of the molecule is CC1(C)O[C@H]2O[C@@](CO)(CO[Si](C)(C)C(C)(C)C)[C@H](O)[C@H]2O1. The van der Waals surface area contributed by atoms with E-state index in [2.05, 4.69) is 33.9 Å². The number of hydrogen-bond acceptors (Lipinski definition) is 6. The fourth-order valence-electron chi connectivity index (χ4n) is 2.48. The van der Waals surface area contributed by atoms with Crippen LogP contribution in [0.3, 0.4) is 0 Å². The highest BCUT2D eigenvalue weighted by Gasteiger charge is 2.62. The molecule has 0 aromatic carbocycles. The van der Waals surface area contributed by atoms with Crippen molar-refractivity contribution in [1.29, 1.82) is 0 Å². The lowest BCUT2D eigenvalue weighted by atomic mass is 9.97. The lowest BCUT2D eigenvalue weighted by Gasteiger charge is -2.40. The maximum atomic E-state index is 10.6. The number of aliphatic hydroxyl groups is 2. The van der Waals surface area contributed by atoms with Crippen molar-refractivity contribution in [3.05, 3.63) is 0 Å². The predicted molar refractivity (Wildman–Crippen MR) is 83.9 cm³/mol. The summed E-state index contributed by atoms with van der Waals surface area (Å²) in [6, 6.07) is 0. The van der Waals surface area contributed by atoms with Gasteiger partial charge in [-0.3, -0.25) is 0 Å². The Hall–Kier alpha value is -0.0231. The third kappa shape index (κ3) is 3.13. The van der Waals surface area contributed by atoms with Gasteiger partial charge in [-0.15, -0.1) is 0 Å². The van der Waals surface area contributed by atoms with E-state index in [9.17, 15) is 10.2 Å². The van der Waals surface area contributed by atoms with E-state index in [4.69, 9.17) is 18.6 Å². The molecule has 0 aliphatic carbocycles. The van der Waals surface area contributed by atoms with Gasteiger partial charge in [-0.2, -0.15) is 0 Å². The Morgan fingerprint density at radius 2 is 1.73 bits per heavy atom. The minimum atomic E-state index is -2.01. The first kappa shape index (κ1) is 18.3. The second-order valence-corrected chi connectivity index (χ2v) is 13.1. The Morgan fingerprint density at radius 3 is 2.18 bits per heavy atom. The van der Waals surface area contributed by atoms with Crippen molar-refractivity contribution in [2.24, 2.45) is 0 Å². The monoisotopic (exact) mass is 334 g/mol. The van der Waals surface area contributed by atoms with Crippen LogP contribution in [0.2, 0.25) is 18.1 Å². The van der Waals surface area contributed by atoms with E-state index >= 15 is 0 Å². The van der Waals surface area contributed by atoms with Gasteiger partial charge >= 0.3 is 0 Å². The topological polar surface area (TPSA) is 77.4 Å². The highest BCUT2D eigenvalue weighted by molar-refractivity contribution is 6.74. The molecule has 0 spiro atoms. The van der Waals surface area contributed by atoms with Crippen molar-refractivity contribution in [2.75, 3.05) is 13.2 Å². The fourth-order valence-corrected chi connectivity index (χ4v) is 3.52. The zero-order valence-electron chi connectivity index (χ0n) is 14.7. The average molecular weight is 334 g/mol. The van der Waals surface area contributed by atoms with Gasteiger partial charge in [0.15, 0.2) is 20.4 Å². The van der Waals surface area contributed by atoms with Crippen LogP contribution in [0.4, 0.5) is 0 Å². The third-order valence-electron chi connectivity index (χ3n) is 5.04. The van der Waals surface area contributed by atoms with Crippen molar-refractivity contribution < 1.29 is 28.8 Å². The maximum Gasteiger partial charge on any atom is 0.192 e. The van der Waals surface area contributed by atoms with Crippen LogP contribution in [0.15, 0.2) is 0 Å². The highest BCUT2D eigenvalue weighted by Crippen LogP contribution is 2.44. The lowest BCUT2D eigenvalue weighted by molar-refractivity contribution is -0.251. The smallest absolute Gasteiger partial charge is 0.192 e. The molecule has 0 unspecified atom stereocenters.